The highest BCUT2D eigenvalue weighted by molar-refractivity contribution is 9.10. The predicted molar refractivity (Wildman–Crippen MR) is 106 cm³/mol. The summed E-state index contributed by atoms with van der Waals surface area (Å²) < 4.78 is 1.10. The van der Waals surface area contributed by atoms with Crippen LogP contribution < -0.4 is 0 Å². The molecule has 4 heteroatoms. The van der Waals surface area contributed by atoms with Gasteiger partial charge in [0, 0.05) is 43.1 Å². The fourth-order valence-corrected chi connectivity index (χ4v) is 4.35. The molecule has 0 radical (unpaired) electrons. The Bertz CT molecular complexity index is 494. The normalized spacial score (nSPS) is 18.7. The van der Waals surface area contributed by atoms with E-state index in [1.807, 2.05) is 0 Å². The fourth-order valence-electron chi connectivity index (χ4n) is 3.94. The molecule has 0 amide bonds. The van der Waals surface area contributed by atoms with Crippen LogP contribution in [0.5, 0.6) is 0 Å². The van der Waals surface area contributed by atoms with Crippen LogP contribution in [0.3, 0.4) is 0 Å². The summed E-state index contributed by atoms with van der Waals surface area (Å²) in [5.74, 6) is 0.165. The molecule has 136 valence electrons. The predicted octanol–water partition coefficient (Wildman–Crippen LogP) is 4.11. The van der Waals surface area contributed by atoms with Crippen LogP contribution in [0.1, 0.15) is 51.0 Å². The summed E-state index contributed by atoms with van der Waals surface area (Å²) in [6.07, 6.45) is 3.77. The number of hydrogen-bond donors (Lipinski definition) is 1. The van der Waals surface area contributed by atoms with Crippen molar-refractivity contribution in [3.63, 3.8) is 0 Å². The van der Waals surface area contributed by atoms with Crippen LogP contribution in [-0.2, 0) is 0 Å². The highest BCUT2D eigenvalue weighted by Gasteiger charge is 2.37. The van der Waals surface area contributed by atoms with E-state index in [0.29, 0.717) is 0 Å². The third-order valence-electron chi connectivity index (χ3n) is 5.30. The minimum absolute atomic E-state index is 0.165. The summed E-state index contributed by atoms with van der Waals surface area (Å²) in [7, 11) is 2.19. The van der Waals surface area contributed by atoms with E-state index >= 15 is 0 Å². The third kappa shape index (κ3) is 5.29. The van der Waals surface area contributed by atoms with Crippen molar-refractivity contribution < 1.29 is 5.11 Å². The summed E-state index contributed by atoms with van der Waals surface area (Å²) in [5, 5.41) is 11.5. The van der Waals surface area contributed by atoms with E-state index in [0.717, 1.165) is 62.9 Å². The standard InChI is InChI=1S/C20H33BrN2O/c1-4-9-20(24,10-5-2)19(17-7-6-8-18(21)15-17)16-23-13-11-22(3)12-14-23/h6-8,15,19,24H,4-5,9-14,16H2,1-3H3. The quantitative estimate of drug-likeness (QED) is 0.715. The number of aliphatic hydroxyl groups is 1. The van der Waals surface area contributed by atoms with Gasteiger partial charge in [0.05, 0.1) is 5.60 Å². The molecule has 0 saturated carbocycles. The van der Waals surface area contributed by atoms with E-state index in [1.165, 1.54) is 5.56 Å². The molecule has 2 rings (SSSR count). The highest BCUT2D eigenvalue weighted by atomic mass is 79.9. The molecule has 1 aromatic rings. The Morgan fingerprint density at radius 3 is 2.29 bits per heavy atom. The van der Waals surface area contributed by atoms with Gasteiger partial charge in [-0.05, 0) is 37.6 Å². The molecule has 1 aliphatic heterocycles. The fraction of sp³-hybridized carbons (Fsp3) is 0.700. The molecule has 24 heavy (non-hydrogen) atoms. The van der Waals surface area contributed by atoms with E-state index in [1.54, 1.807) is 0 Å². The number of benzene rings is 1. The van der Waals surface area contributed by atoms with Crippen LogP contribution in [-0.4, -0.2) is 60.3 Å². The Labute approximate surface area is 156 Å². The van der Waals surface area contributed by atoms with Crippen LogP contribution in [0.4, 0.5) is 0 Å². The van der Waals surface area contributed by atoms with Crippen LogP contribution in [0.2, 0.25) is 0 Å². The largest absolute Gasteiger partial charge is 0.389 e. The van der Waals surface area contributed by atoms with Crippen molar-refractivity contribution >= 4 is 15.9 Å². The van der Waals surface area contributed by atoms with Crippen LogP contribution >= 0.6 is 15.9 Å². The first-order valence-corrected chi connectivity index (χ1v) is 10.2. The molecule has 1 heterocycles. The molecule has 0 aromatic heterocycles. The molecule has 1 atom stereocenters. The number of nitrogens with zero attached hydrogens (tertiary/aromatic N) is 2. The molecule has 3 nitrogen and oxygen atoms in total. The van der Waals surface area contributed by atoms with Gasteiger partial charge < -0.3 is 14.9 Å². The molecule has 0 aliphatic carbocycles. The zero-order valence-corrected chi connectivity index (χ0v) is 17.1. The van der Waals surface area contributed by atoms with Crippen molar-refractivity contribution in [3.8, 4) is 0 Å². The Balaban J connectivity index is 2.26. The van der Waals surface area contributed by atoms with E-state index in [-0.39, 0.29) is 5.92 Å². The summed E-state index contributed by atoms with van der Waals surface area (Å²) in [6, 6.07) is 8.53. The van der Waals surface area contributed by atoms with E-state index in [4.69, 9.17) is 0 Å². The number of likely N-dealkylation sites (N-methyl/N-ethyl adjacent to an activating group) is 1. The van der Waals surface area contributed by atoms with Crippen LogP contribution in [0.15, 0.2) is 28.7 Å². The van der Waals surface area contributed by atoms with Gasteiger partial charge in [0.25, 0.3) is 0 Å². The SMILES string of the molecule is CCCC(O)(CCC)C(CN1CCN(C)CC1)c1cccc(Br)c1. The summed E-state index contributed by atoms with van der Waals surface area (Å²) >= 11 is 3.61. The van der Waals surface area contributed by atoms with Gasteiger partial charge in [0.15, 0.2) is 0 Å². The van der Waals surface area contributed by atoms with Crippen molar-refractivity contribution in [2.45, 2.75) is 51.0 Å². The molecule has 1 unspecified atom stereocenters. The maximum atomic E-state index is 11.5. The third-order valence-corrected chi connectivity index (χ3v) is 5.80. The first kappa shape index (κ1) is 19.9. The molecule has 0 spiro atoms. The van der Waals surface area contributed by atoms with Gasteiger partial charge in [-0.25, -0.2) is 0 Å². The maximum absolute atomic E-state index is 11.5. The Morgan fingerprint density at radius 2 is 1.75 bits per heavy atom. The number of rotatable bonds is 8. The van der Waals surface area contributed by atoms with Crippen molar-refractivity contribution in [3.05, 3.63) is 34.3 Å². The zero-order chi connectivity index (χ0) is 17.6. The van der Waals surface area contributed by atoms with Crippen molar-refractivity contribution in [2.24, 2.45) is 0 Å². The summed E-state index contributed by atoms with van der Waals surface area (Å²) in [4.78, 5) is 4.91. The van der Waals surface area contributed by atoms with Gasteiger partial charge in [-0.15, -0.1) is 0 Å². The van der Waals surface area contributed by atoms with Gasteiger partial charge in [-0.1, -0.05) is 54.8 Å². The Hall–Kier alpha value is -0.420. The van der Waals surface area contributed by atoms with Crippen molar-refractivity contribution in [2.75, 3.05) is 39.8 Å². The minimum atomic E-state index is -0.617. The van der Waals surface area contributed by atoms with Gasteiger partial charge in [0.2, 0.25) is 0 Å². The molecular weight excluding hydrogens is 364 g/mol. The van der Waals surface area contributed by atoms with Gasteiger partial charge in [-0.3, -0.25) is 0 Å². The van der Waals surface area contributed by atoms with Crippen molar-refractivity contribution in [1.29, 1.82) is 0 Å². The molecule has 1 fully saturated rings. The first-order chi connectivity index (χ1) is 11.5. The highest BCUT2D eigenvalue weighted by Crippen LogP contribution is 2.37. The molecule has 1 saturated heterocycles. The van der Waals surface area contributed by atoms with E-state index < -0.39 is 5.60 Å². The Morgan fingerprint density at radius 1 is 1.12 bits per heavy atom. The molecule has 1 aliphatic rings. The summed E-state index contributed by atoms with van der Waals surface area (Å²) in [5.41, 5.74) is 0.640. The molecule has 1 aromatic carbocycles. The lowest BCUT2D eigenvalue weighted by Crippen LogP contribution is -2.49. The lowest BCUT2D eigenvalue weighted by Gasteiger charge is -2.41. The average Bonchev–Trinajstić information content (AvgIpc) is 2.54. The minimum Gasteiger partial charge on any atom is -0.389 e. The number of piperazine rings is 1. The Kier molecular flexibility index (Phi) is 7.73. The first-order valence-electron chi connectivity index (χ1n) is 9.37. The molecular formula is C20H33BrN2O. The monoisotopic (exact) mass is 396 g/mol. The topological polar surface area (TPSA) is 26.7 Å². The van der Waals surface area contributed by atoms with E-state index in [2.05, 4.69) is 70.9 Å². The van der Waals surface area contributed by atoms with Gasteiger partial charge in [0.1, 0.15) is 0 Å². The zero-order valence-electron chi connectivity index (χ0n) is 15.5. The number of halogens is 1. The summed E-state index contributed by atoms with van der Waals surface area (Å²) in [6.45, 7) is 9.71. The van der Waals surface area contributed by atoms with Crippen LogP contribution in [0.25, 0.3) is 0 Å². The van der Waals surface area contributed by atoms with E-state index in [9.17, 15) is 5.11 Å². The molecule has 1 N–H and O–H groups in total. The van der Waals surface area contributed by atoms with Gasteiger partial charge >= 0.3 is 0 Å². The second-order valence-corrected chi connectivity index (χ2v) is 8.23. The maximum Gasteiger partial charge on any atom is 0.0728 e. The smallest absolute Gasteiger partial charge is 0.0728 e. The second-order valence-electron chi connectivity index (χ2n) is 7.32. The lowest BCUT2D eigenvalue weighted by molar-refractivity contribution is -0.0200. The van der Waals surface area contributed by atoms with Gasteiger partial charge in [-0.2, -0.15) is 0 Å². The van der Waals surface area contributed by atoms with Crippen LogP contribution in [0, 0.1) is 0 Å². The second kappa shape index (κ2) is 9.33. The molecule has 0 bridgehead atoms. The lowest BCUT2D eigenvalue weighted by atomic mass is 9.76. The van der Waals surface area contributed by atoms with Crippen molar-refractivity contribution in [1.82, 2.24) is 9.80 Å². The average molecular weight is 397 g/mol. The number of hydrogen-bond acceptors (Lipinski definition) is 3.